The largest absolute Gasteiger partial charge is 0.396 e. The van der Waals surface area contributed by atoms with Crippen LogP contribution in [-0.2, 0) is 29.1 Å². The first-order valence-electron chi connectivity index (χ1n) is 11.1. The minimum Gasteiger partial charge on any atom is -0.396 e. The van der Waals surface area contributed by atoms with E-state index in [-0.39, 0.29) is 37.9 Å². The Labute approximate surface area is 180 Å². The lowest BCUT2D eigenvalue weighted by molar-refractivity contribution is -0.350. The van der Waals surface area contributed by atoms with Crippen molar-refractivity contribution in [1.29, 1.82) is 0 Å². The molecule has 1 aliphatic carbocycles. The van der Waals surface area contributed by atoms with Gasteiger partial charge in [0.1, 0.15) is 11.2 Å². The first-order chi connectivity index (χ1) is 14.1. The summed E-state index contributed by atoms with van der Waals surface area (Å²) in [7, 11) is 0. The molecule has 1 saturated carbocycles. The Morgan fingerprint density at radius 1 is 0.767 bits per heavy atom. The molecule has 1 rings (SSSR count). The number of aliphatic hydroxyl groups is 2. The van der Waals surface area contributed by atoms with Gasteiger partial charge < -0.3 is 10.2 Å². The second-order valence-corrected chi connectivity index (χ2v) is 9.21. The summed E-state index contributed by atoms with van der Waals surface area (Å²) in [4.78, 5) is 44.7. The van der Waals surface area contributed by atoms with Crippen LogP contribution in [0.15, 0.2) is 0 Å². The zero-order chi connectivity index (χ0) is 22.6. The molecule has 8 nitrogen and oxygen atoms in total. The lowest BCUT2D eigenvalue weighted by Gasteiger charge is -2.42. The van der Waals surface area contributed by atoms with E-state index < -0.39 is 23.1 Å². The molecular weight excluding hydrogens is 392 g/mol. The molecule has 2 N–H and O–H groups in total. The molecule has 176 valence electrons. The van der Waals surface area contributed by atoms with Gasteiger partial charge in [0, 0.05) is 26.1 Å². The number of unbranched alkanes of at least 4 members (excludes halogenated alkanes) is 2. The number of aliphatic hydroxyl groups excluding tert-OH is 2. The normalized spacial score (nSPS) is 20.1. The highest BCUT2D eigenvalue weighted by Crippen LogP contribution is 2.43. The highest BCUT2D eigenvalue weighted by Gasteiger charge is 2.42. The van der Waals surface area contributed by atoms with Crippen LogP contribution in [-0.4, -0.2) is 46.6 Å². The Bertz CT molecular complexity index is 473. The average Bonchev–Trinajstić information content (AvgIpc) is 2.71. The predicted molar refractivity (Wildman–Crippen MR) is 110 cm³/mol. The van der Waals surface area contributed by atoms with Crippen molar-refractivity contribution in [3.05, 3.63) is 0 Å². The van der Waals surface area contributed by atoms with Gasteiger partial charge in [0.2, 0.25) is 0 Å². The van der Waals surface area contributed by atoms with Crippen LogP contribution in [0.1, 0.15) is 91.9 Å². The maximum absolute atomic E-state index is 11.8. The summed E-state index contributed by atoms with van der Waals surface area (Å²) in [5.41, 5.74) is -1.30. The third kappa shape index (κ3) is 9.73. The molecule has 0 aromatic heterocycles. The van der Waals surface area contributed by atoms with Gasteiger partial charge in [-0.15, -0.1) is 0 Å². The predicted octanol–water partition coefficient (Wildman–Crippen LogP) is 3.62. The summed E-state index contributed by atoms with van der Waals surface area (Å²) < 4.78 is 0. The summed E-state index contributed by atoms with van der Waals surface area (Å²) in [5.74, 6) is -0.546. The summed E-state index contributed by atoms with van der Waals surface area (Å²) in [6.07, 6.45) is 6.35. The van der Waals surface area contributed by atoms with E-state index in [1.54, 1.807) is 0 Å². The van der Waals surface area contributed by atoms with Gasteiger partial charge in [-0.25, -0.2) is 9.59 Å². The Morgan fingerprint density at radius 2 is 1.17 bits per heavy atom. The molecular formula is C22H40O8. The first-order valence-corrected chi connectivity index (χ1v) is 11.1. The molecule has 0 amide bonds. The van der Waals surface area contributed by atoms with Crippen LogP contribution in [0.3, 0.4) is 0 Å². The Hall–Kier alpha value is -1.22. The molecule has 0 aromatic carbocycles. The van der Waals surface area contributed by atoms with Crippen molar-refractivity contribution >= 4 is 11.9 Å². The second kappa shape index (κ2) is 13.2. The maximum atomic E-state index is 11.8. The van der Waals surface area contributed by atoms with Gasteiger partial charge in [-0.3, -0.25) is 9.78 Å². The fraction of sp³-hybridized carbons (Fsp3) is 0.909. The van der Waals surface area contributed by atoms with Crippen LogP contribution >= 0.6 is 0 Å². The average molecular weight is 433 g/mol. The standard InChI is InChI=1S/C22H40O8/c1-21(2,29-27-19(25)12-5-7-14-23)17-10-9-11-18(16-17)22(3,4)30-28-20(26)13-6-8-15-24/h17-18,23-24H,5-16H2,1-4H3. The summed E-state index contributed by atoms with van der Waals surface area (Å²) in [6, 6.07) is 0. The number of hydrogen-bond acceptors (Lipinski definition) is 8. The fourth-order valence-electron chi connectivity index (χ4n) is 3.74. The van der Waals surface area contributed by atoms with Crippen molar-refractivity contribution in [2.75, 3.05) is 13.2 Å². The van der Waals surface area contributed by atoms with Gasteiger partial charge in [-0.1, -0.05) is 6.42 Å². The SMILES string of the molecule is CC(C)(OOC(=O)CCCCO)C1CCCC(C(C)(C)OOC(=O)CCCCO)C1. The fourth-order valence-corrected chi connectivity index (χ4v) is 3.74. The second-order valence-electron chi connectivity index (χ2n) is 9.21. The van der Waals surface area contributed by atoms with Crippen LogP contribution in [0.5, 0.6) is 0 Å². The lowest BCUT2D eigenvalue weighted by Crippen LogP contribution is -2.44. The molecule has 0 heterocycles. The maximum Gasteiger partial charge on any atom is 0.342 e. The third-order valence-electron chi connectivity index (χ3n) is 5.92. The minimum atomic E-state index is -0.650. The Morgan fingerprint density at radius 3 is 1.53 bits per heavy atom. The van der Waals surface area contributed by atoms with Crippen LogP contribution in [0.4, 0.5) is 0 Å². The smallest absolute Gasteiger partial charge is 0.342 e. The monoisotopic (exact) mass is 432 g/mol. The van der Waals surface area contributed by atoms with Gasteiger partial charge in [0.15, 0.2) is 0 Å². The molecule has 2 unspecified atom stereocenters. The molecule has 8 heteroatoms. The van der Waals surface area contributed by atoms with E-state index >= 15 is 0 Å². The van der Waals surface area contributed by atoms with Gasteiger partial charge in [-0.2, -0.15) is 9.78 Å². The zero-order valence-electron chi connectivity index (χ0n) is 19.0. The number of rotatable bonds is 14. The van der Waals surface area contributed by atoms with Crippen molar-refractivity contribution in [2.24, 2.45) is 11.8 Å². The Balaban J connectivity index is 2.51. The molecule has 0 bridgehead atoms. The van der Waals surface area contributed by atoms with Crippen molar-refractivity contribution in [3.63, 3.8) is 0 Å². The van der Waals surface area contributed by atoms with Gasteiger partial charge in [0.05, 0.1) is 0 Å². The molecule has 0 aliphatic heterocycles. The molecule has 0 saturated heterocycles. The van der Waals surface area contributed by atoms with Crippen LogP contribution in [0, 0.1) is 11.8 Å². The molecule has 1 fully saturated rings. The lowest BCUT2D eigenvalue weighted by atomic mass is 9.69. The van der Waals surface area contributed by atoms with Crippen LogP contribution in [0.25, 0.3) is 0 Å². The highest BCUT2D eigenvalue weighted by atomic mass is 17.2. The van der Waals surface area contributed by atoms with E-state index in [1.807, 2.05) is 27.7 Å². The molecule has 2 atom stereocenters. The quantitative estimate of drug-likeness (QED) is 0.243. The van der Waals surface area contributed by atoms with Crippen molar-refractivity contribution in [2.45, 2.75) is 103 Å². The van der Waals surface area contributed by atoms with E-state index in [1.165, 1.54) is 0 Å². The van der Waals surface area contributed by atoms with E-state index in [2.05, 4.69) is 0 Å². The molecule has 0 aromatic rings. The molecule has 30 heavy (non-hydrogen) atoms. The van der Waals surface area contributed by atoms with E-state index in [0.717, 1.165) is 25.7 Å². The van der Waals surface area contributed by atoms with Gasteiger partial charge >= 0.3 is 11.9 Å². The van der Waals surface area contributed by atoms with Crippen LogP contribution in [0.2, 0.25) is 0 Å². The summed E-state index contributed by atoms with van der Waals surface area (Å²) in [6.45, 7) is 7.76. The molecule has 1 aliphatic rings. The van der Waals surface area contributed by atoms with E-state index in [9.17, 15) is 9.59 Å². The van der Waals surface area contributed by atoms with Crippen LogP contribution < -0.4 is 0 Å². The zero-order valence-corrected chi connectivity index (χ0v) is 19.0. The number of hydrogen-bond donors (Lipinski definition) is 2. The van der Waals surface area contributed by atoms with Gasteiger partial charge in [0.25, 0.3) is 0 Å². The van der Waals surface area contributed by atoms with Crippen molar-refractivity contribution < 1.29 is 39.4 Å². The third-order valence-corrected chi connectivity index (χ3v) is 5.92. The first kappa shape index (κ1) is 26.8. The molecule has 0 spiro atoms. The van der Waals surface area contributed by atoms with E-state index in [4.69, 9.17) is 29.8 Å². The minimum absolute atomic E-state index is 0.0545. The topological polar surface area (TPSA) is 112 Å². The summed E-state index contributed by atoms with van der Waals surface area (Å²) >= 11 is 0. The van der Waals surface area contributed by atoms with Crippen molar-refractivity contribution in [3.8, 4) is 0 Å². The Kier molecular flexibility index (Phi) is 11.8. The van der Waals surface area contributed by atoms with Crippen molar-refractivity contribution in [1.82, 2.24) is 0 Å². The van der Waals surface area contributed by atoms with Gasteiger partial charge in [-0.05, 0) is 84.5 Å². The highest BCUT2D eigenvalue weighted by molar-refractivity contribution is 5.68. The number of carbonyl (C=O) groups is 2. The van der Waals surface area contributed by atoms with E-state index in [0.29, 0.717) is 25.7 Å². The molecule has 0 radical (unpaired) electrons. The number of carbonyl (C=O) groups excluding carboxylic acids is 2. The summed E-state index contributed by atoms with van der Waals surface area (Å²) in [5, 5.41) is 17.6.